The number of aryl methyl sites for hydroxylation is 1. The molecule has 0 bridgehead atoms. The van der Waals surface area contributed by atoms with Crippen molar-refractivity contribution in [1.29, 1.82) is 0 Å². The van der Waals surface area contributed by atoms with Crippen LogP contribution < -0.4 is 10.6 Å². The third kappa shape index (κ3) is 4.54. The van der Waals surface area contributed by atoms with Crippen LogP contribution in [0.1, 0.15) is 25.5 Å². The van der Waals surface area contributed by atoms with E-state index in [0.29, 0.717) is 12.4 Å². The van der Waals surface area contributed by atoms with Crippen molar-refractivity contribution in [2.45, 2.75) is 32.9 Å². The Morgan fingerprint density at radius 3 is 2.78 bits per heavy atom. The fraction of sp³-hybridized carbons (Fsp3) is 0.545. The molecule has 3 N–H and O–H groups in total. The lowest BCUT2D eigenvalue weighted by Crippen LogP contribution is -2.46. The summed E-state index contributed by atoms with van der Waals surface area (Å²) < 4.78 is 5.35. The van der Waals surface area contributed by atoms with Crippen LogP contribution in [0.4, 0.5) is 0 Å². The monoisotopic (exact) mass is 255 g/mol. The summed E-state index contributed by atoms with van der Waals surface area (Å²) in [6.45, 7) is 3.66. The van der Waals surface area contributed by atoms with Crippen molar-refractivity contribution in [1.82, 2.24) is 15.6 Å². The quantitative estimate of drug-likeness (QED) is 0.629. The molecule has 7 heteroatoms. The molecule has 1 heterocycles. The van der Waals surface area contributed by atoms with Crippen molar-refractivity contribution < 1.29 is 19.1 Å². The maximum Gasteiger partial charge on any atom is 0.327 e. The van der Waals surface area contributed by atoms with Crippen LogP contribution in [0.3, 0.4) is 0 Å². The van der Waals surface area contributed by atoms with Crippen LogP contribution in [0, 0.1) is 0 Å². The first kappa shape index (κ1) is 14.2. The molecule has 0 aliphatic rings. The van der Waals surface area contributed by atoms with Crippen molar-refractivity contribution in [3.63, 3.8) is 0 Å². The fourth-order valence-corrected chi connectivity index (χ4v) is 1.36. The molecule has 1 aromatic heterocycles. The van der Waals surface area contributed by atoms with Gasteiger partial charge < -0.3 is 20.2 Å². The lowest BCUT2D eigenvalue weighted by atomic mass is 10.3. The number of carbonyl (C=O) groups is 2. The van der Waals surface area contributed by atoms with Gasteiger partial charge in [0.2, 0.25) is 11.8 Å². The molecule has 1 amide bonds. The molecule has 7 nitrogen and oxygen atoms in total. The second-order valence-corrected chi connectivity index (χ2v) is 3.80. The van der Waals surface area contributed by atoms with Crippen LogP contribution in [-0.2, 0) is 22.6 Å². The molecular formula is C11H17N3O4. The Morgan fingerprint density at radius 2 is 2.28 bits per heavy atom. The Kier molecular flexibility index (Phi) is 5.31. The van der Waals surface area contributed by atoms with Gasteiger partial charge in [-0.05, 0) is 0 Å². The molecule has 100 valence electrons. The van der Waals surface area contributed by atoms with Crippen molar-refractivity contribution in [2.24, 2.45) is 0 Å². The summed E-state index contributed by atoms with van der Waals surface area (Å²) in [4.78, 5) is 25.7. The molecular weight excluding hydrogens is 238 g/mol. The number of amides is 1. The second-order valence-electron chi connectivity index (χ2n) is 3.80. The second kappa shape index (κ2) is 6.75. The highest BCUT2D eigenvalue weighted by molar-refractivity contribution is 5.82. The Hall–Kier alpha value is -1.89. The average Bonchev–Trinajstić information content (AvgIpc) is 2.75. The summed E-state index contributed by atoms with van der Waals surface area (Å²) in [6.07, 6.45) is 2.40. The zero-order chi connectivity index (χ0) is 13.5. The van der Waals surface area contributed by atoms with E-state index >= 15 is 0 Å². The molecule has 0 aromatic carbocycles. The van der Waals surface area contributed by atoms with Gasteiger partial charge in [0.1, 0.15) is 11.8 Å². The SMILES string of the molecule is CCc1cnc(CNCC(NC(C)=O)C(=O)O)o1. The maximum absolute atomic E-state index is 10.8. The highest BCUT2D eigenvalue weighted by Crippen LogP contribution is 2.03. The molecule has 1 aromatic rings. The van der Waals surface area contributed by atoms with Crippen LogP contribution in [0.15, 0.2) is 10.6 Å². The first-order valence-corrected chi connectivity index (χ1v) is 5.67. The van der Waals surface area contributed by atoms with Gasteiger partial charge in [-0.15, -0.1) is 0 Å². The molecule has 0 saturated heterocycles. The van der Waals surface area contributed by atoms with Gasteiger partial charge in [0, 0.05) is 19.9 Å². The Bertz CT molecular complexity index is 416. The number of hydrogen-bond donors (Lipinski definition) is 3. The van der Waals surface area contributed by atoms with Gasteiger partial charge in [-0.3, -0.25) is 4.79 Å². The topological polar surface area (TPSA) is 104 Å². The van der Waals surface area contributed by atoms with Gasteiger partial charge in [-0.25, -0.2) is 9.78 Å². The smallest absolute Gasteiger partial charge is 0.327 e. The molecule has 1 atom stereocenters. The van der Waals surface area contributed by atoms with Crippen LogP contribution >= 0.6 is 0 Å². The third-order valence-electron chi connectivity index (χ3n) is 2.25. The molecule has 0 aliphatic carbocycles. The van der Waals surface area contributed by atoms with E-state index in [2.05, 4.69) is 15.6 Å². The maximum atomic E-state index is 10.8. The number of carboxylic acid groups (broad SMARTS) is 1. The minimum Gasteiger partial charge on any atom is -0.480 e. The van der Waals surface area contributed by atoms with Crippen molar-refractivity contribution in [3.05, 3.63) is 17.8 Å². The summed E-state index contributed by atoms with van der Waals surface area (Å²) in [5.41, 5.74) is 0. The summed E-state index contributed by atoms with van der Waals surface area (Å²) in [5, 5.41) is 14.1. The summed E-state index contributed by atoms with van der Waals surface area (Å²) in [7, 11) is 0. The number of oxazole rings is 1. The molecule has 1 unspecified atom stereocenters. The number of hydrogen-bond acceptors (Lipinski definition) is 5. The lowest BCUT2D eigenvalue weighted by molar-refractivity contribution is -0.141. The molecule has 0 spiro atoms. The molecule has 1 rings (SSSR count). The van der Waals surface area contributed by atoms with E-state index in [4.69, 9.17) is 9.52 Å². The van der Waals surface area contributed by atoms with Crippen LogP contribution in [-0.4, -0.2) is 34.6 Å². The van der Waals surface area contributed by atoms with Gasteiger partial charge in [0.15, 0.2) is 0 Å². The summed E-state index contributed by atoms with van der Waals surface area (Å²) >= 11 is 0. The van der Waals surface area contributed by atoms with Gasteiger partial charge in [-0.2, -0.15) is 0 Å². The van der Waals surface area contributed by atoms with Gasteiger partial charge in [0.25, 0.3) is 0 Å². The predicted octanol–water partition coefficient (Wildman–Crippen LogP) is -0.0841. The lowest BCUT2D eigenvalue weighted by Gasteiger charge is -2.13. The van der Waals surface area contributed by atoms with Gasteiger partial charge in [0.05, 0.1) is 12.7 Å². The van der Waals surface area contributed by atoms with E-state index < -0.39 is 12.0 Å². The zero-order valence-electron chi connectivity index (χ0n) is 10.4. The Labute approximate surface area is 105 Å². The largest absolute Gasteiger partial charge is 0.480 e. The number of aliphatic carboxylic acids is 1. The summed E-state index contributed by atoms with van der Waals surface area (Å²) in [6, 6.07) is -0.955. The number of carbonyl (C=O) groups excluding carboxylic acids is 1. The van der Waals surface area contributed by atoms with Gasteiger partial charge >= 0.3 is 5.97 Å². The fourth-order valence-electron chi connectivity index (χ4n) is 1.36. The van der Waals surface area contributed by atoms with Crippen LogP contribution in [0.2, 0.25) is 0 Å². The first-order valence-electron chi connectivity index (χ1n) is 5.67. The van der Waals surface area contributed by atoms with E-state index in [0.717, 1.165) is 12.2 Å². The third-order valence-corrected chi connectivity index (χ3v) is 2.25. The van der Waals surface area contributed by atoms with E-state index in [1.165, 1.54) is 6.92 Å². The number of rotatable bonds is 7. The van der Waals surface area contributed by atoms with Crippen molar-refractivity contribution in [3.8, 4) is 0 Å². The predicted molar refractivity (Wildman–Crippen MR) is 62.8 cm³/mol. The molecule has 0 fully saturated rings. The number of nitrogens with one attached hydrogen (secondary N) is 2. The van der Waals surface area contributed by atoms with Crippen molar-refractivity contribution in [2.75, 3.05) is 6.54 Å². The van der Waals surface area contributed by atoms with Gasteiger partial charge in [-0.1, -0.05) is 6.92 Å². The van der Waals surface area contributed by atoms with Crippen molar-refractivity contribution >= 4 is 11.9 Å². The van der Waals surface area contributed by atoms with E-state index in [1.807, 2.05) is 6.92 Å². The minimum atomic E-state index is -1.08. The number of nitrogens with zero attached hydrogens (tertiary/aromatic N) is 1. The van der Waals surface area contributed by atoms with E-state index in [9.17, 15) is 9.59 Å². The Morgan fingerprint density at radius 1 is 1.56 bits per heavy atom. The highest BCUT2D eigenvalue weighted by atomic mass is 16.4. The van der Waals surface area contributed by atoms with Crippen LogP contribution in [0.25, 0.3) is 0 Å². The Balaban J connectivity index is 2.38. The van der Waals surface area contributed by atoms with E-state index in [1.54, 1.807) is 6.20 Å². The standard InChI is InChI=1S/C11H17N3O4/c1-3-8-4-13-10(18-8)6-12-5-9(11(16)17)14-7(2)15/h4,9,12H,3,5-6H2,1-2H3,(H,14,15)(H,16,17). The molecule has 18 heavy (non-hydrogen) atoms. The highest BCUT2D eigenvalue weighted by Gasteiger charge is 2.17. The minimum absolute atomic E-state index is 0.110. The molecule has 0 saturated carbocycles. The van der Waals surface area contributed by atoms with E-state index in [-0.39, 0.29) is 12.5 Å². The first-order chi connectivity index (χ1) is 8.52. The number of aromatic nitrogens is 1. The average molecular weight is 255 g/mol. The molecule has 0 aliphatic heterocycles. The summed E-state index contributed by atoms with van der Waals surface area (Å²) in [5.74, 6) is -0.185. The zero-order valence-corrected chi connectivity index (χ0v) is 10.4. The molecule has 0 radical (unpaired) electrons. The van der Waals surface area contributed by atoms with Crippen LogP contribution in [0.5, 0.6) is 0 Å². The number of carboxylic acids is 1. The normalized spacial score (nSPS) is 12.1.